The predicted octanol–water partition coefficient (Wildman–Crippen LogP) is 0.656. The lowest BCUT2D eigenvalue weighted by molar-refractivity contribution is 0.0331. The smallest absolute Gasteiger partial charge is 0.106 e. The number of hydrogen-bond donors (Lipinski definition) is 4. The van der Waals surface area contributed by atoms with Gasteiger partial charge >= 0.3 is 0 Å². The van der Waals surface area contributed by atoms with E-state index in [1.54, 1.807) is 0 Å². The van der Waals surface area contributed by atoms with Gasteiger partial charge in [-0.05, 0) is 29.7 Å². The van der Waals surface area contributed by atoms with Crippen LogP contribution in [0.3, 0.4) is 0 Å². The Hall–Kier alpha value is -0.550. The van der Waals surface area contributed by atoms with Gasteiger partial charge in [-0.25, -0.2) is 0 Å². The van der Waals surface area contributed by atoms with E-state index in [1.807, 2.05) is 12.1 Å². The molecule has 0 bridgehead atoms. The highest BCUT2D eigenvalue weighted by Crippen LogP contribution is 2.26. The van der Waals surface area contributed by atoms with E-state index in [0.29, 0.717) is 0 Å². The van der Waals surface area contributed by atoms with Gasteiger partial charge in [0.2, 0.25) is 0 Å². The number of nitrogens with one attached hydrogen (secondary N) is 1. The molecule has 0 amide bonds. The Morgan fingerprint density at radius 1 is 1.38 bits per heavy atom. The first-order chi connectivity index (χ1) is 7.74. The van der Waals surface area contributed by atoms with Crippen molar-refractivity contribution < 1.29 is 10.2 Å². The van der Waals surface area contributed by atoms with E-state index in [-0.39, 0.29) is 5.75 Å². The van der Waals surface area contributed by atoms with Gasteiger partial charge in [0.1, 0.15) is 6.10 Å². The lowest BCUT2D eigenvalue weighted by Crippen LogP contribution is -2.27. The molecule has 0 aromatic heterocycles. The number of aliphatic hydroxyl groups is 2. The molecule has 0 fully saturated rings. The lowest BCUT2D eigenvalue weighted by Gasteiger charge is -2.24. The van der Waals surface area contributed by atoms with Crippen LogP contribution in [-0.4, -0.2) is 28.6 Å². The van der Waals surface area contributed by atoms with Crippen molar-refractivity contribution in [2.75, 3.05) is 12.3 Å². The molecule has 16 heavy (non-hydrogen) atoms. The van der Waals surface area contributed by atoms with E-state index in [0.717, 1.165) is 25.1 Å². The highest BCUT2D eigenvalue weighted by atomic mass is 32.1. The summed E-state index contributed by atoms with van der Waals surface area (Å²) in [5, 5.41) is 23.0. The molecule has 3 N–H and O–H groups in total. The van der Waals surface area contributed by atoms with Crippen LogP contribution in [0.5, 0.6) is 0 Å². The quantitative estimate of drug-likeness (QED) is 0.586. The molecule has 4 heteroatoms. The maximum absolute atomic E-state index is 10.0. The Morgan fingerprint density at radius 2 is 2.19 bits per heavy atom. The topological polar surface area (TPSA) is 52.5 Å². The summed E-state index contributed by atoms with van der Waals surface area (Å²) in [5.74, 6) is 0.267. The average Bonchev–Trinajstić information content (AvgIpc) is 2.36. The van der Waals surface area contributed by atoms with Crippen LogP contribution < -0.4 is 5.32 Å². The zero-order chi connectivity index (χ0) is 11.5. The standard InChI is InChI=1S/C12H17NO2S/c14-11(7-16)12(15)10-3-1-2-8-6-13-5-4-9(8)10/h1-3,11-16H,4-7H2. The third-order valence-electron chi connectivity index (χ3n) is 3.05. The molecule has 1 aromatic carbocycles. The molecular weight excluding hydrogens is 222 g/mol. The SMILES string of the molecule is OC(CS)C(O)c1cccc2c1CCNC2. The van der Waals surface area contributed by atoms with Crippen molar-refractivity contribution in [2.24, 2.45) is 0 Å². The van der Waals surface area contributed by atoms with E-state index in [4.69, 9.17) is 0 Å². The van der Waals surface area contributed by atoms with Crippen molar-refractivity contribution in [3.63, 3.8) is 0 Å². The average molecular weight is 239 g/mol. The largest absolute Gasteiger partial charge is 0.389 e. The summed E-state index contributed by atoms with van der Waals surface area (Å²) < 4.78 is 0. The van der Waals surface area contributed by atoms with Crippen molar-refractivity contribution in [3.05, 3.63) is 34.9 Å². The summed E-state index contributed by atoms with van der Waals surface area (Å²) in [4.78, 5) is 0. The second-order valence-electron chi connectivity index (χ2n) is 4.11. The van der Waals surface area contributed by atoms with Gasteiger partial charge in [-0.1, -0.05) is 18.2 Å². The van der Waals surface area contributed by atoms with Gasteiger partial charge in [-0.15, -0.1) is 0 Å². The normalized spacial score (nSPS) is 18.9. The Morgan fingerprint density at radius 3 is 2.94 bits per heavy atom. The second kappa shape index (κ2) is 5.19. The van der Waals surface area contributed by atoms with Crippen LogP contribution in [0.2, 0.25) is 0 Å². The first-order valence-corrected chi connectivity index (χ1v) is 6.15. The Balaban J connectivity index is 2.33. The summed E-state index contributed by atoms with van der Waals surface area (Å²) >= 11 is 4.01. The molecule has 2 atom stereocenters. The van der Waals surface area contributed by atoms with Crippen molar-refractivity contribution in [3.8, 4) is 0 Å². The lowest BCUT2D eigenvalue weighted by atomic mass is 9.91. The molecule has 2 unspecified atom stereocenters. The molecule has 0 saturated carbocycles. The highest BCUT2D eigenvalue weighted by Gasteiger charge is 2.22. The van der Waals surface area contributed by atoms with E-state index in [9.17, 15) is 10.2 Å². The van der Waals surface area contributed by atoms with Crippen LogP contribution in [0.1, 0.15) is 22.8 Å². The summed E-state index contributed by atoms with van der Waals surface area (Å²) in [6.45, 7) is 1.76. The van der Waals surface area contributed by atoms with E-state index in [1.165, 1.54) is 11.1 Å². The first kappa shape index (κ1) is 11.9. The van der Waals surface area contributed by atoms with Gasteiger partial charge in [0.25, 0.3) is 0 Å². The van der Waals surface area contributed by atoms with E-state index in [2.05, 4.69) is 24.0 Å². The fourth-order valence-electron chi connectivity index (χ4n) is 2.15. The molecule has 0 aliphatic carbocycles. The Kier molecular flexibility index (Phi) is 3.86. The van der Waals surface area contributed by atoms with Crippen LogP contribution in [0.25, 0.3) is 0 Å². The van der Waals surface area contributed by atoms with Gasteiger partial charge in [0, 0.05) is 12.3 Å². The number of fused-ring (bicyclic) bond motifs is 1. The van der Waals surface area contributed by atoms with Crippen LogP contribution in [0.15, 0.2) is 18.2 Å². The van der Waals surface area contributed by atoms with Crippen LogP contribution in [0.4, 0.5) is 0 Å². The molecule has 0 saturated heterocycles. The van der Waals surface area contributed by atoms with Crippen molar-refractivity contribution in [2.45, 2.75) is 25.2 Å². The van der Waals surface area contributed by atoms with Crippen molar-refractivity contribution in [1.82, 2.24) is 5.32 Å². The van der Waals surface area contributed by atoms with Gasteiger partial charge < -0.3 is 15.5 Å². The molecule has 1 aliphatic rings. The van der Waals surface area contributed by atoms with E-state index >= 15 is 0 Å². The monoisotopic (exact) mass is 239 g/mol. The van der Waals surface area contributed by atoms with Crippen LogP contribution in [0, 0.1) is 0 Å². The molecule has 0 radical (unpaired) electrons. The van der Waals surface area contributed by atoms with Crippen LogP contribution >= 0.6 is 12.6 Å². The number of benzene rings is 1. The summed E-state index contributed by atoms with van der Waals surface area (Å²) in [6.07, 6.45) is -0.725. The van der Waals surface area contributed by atoms with Crippen LogP contribution in [-0.2, 0) is 13.0 Å². The maximum atomic E-state index is 10.0. The number of aliphatic hydroxyl groups excluding tert-OH is 2. The minimum absolute atomic E-state index is 0.267. The molecule has 0 spiro atoms. The molecule has 1 aromatic rings. The van der Waals surface area contributed by atoms with Gasteiger partial charge in [-0.2, -0.15) is 12.6 Å². The molecule has 1 heterocycles. The summed E-state index contributed by atoms with van der Waals surface area (Å²) in [6, 6.07) is 5.88. The fourth-order valence-corrected chi connectivity index (χ4v) is 2.35. The predicted molar refractivity (Wildman–Crippen MR) is 66.7 cm³/mol. The van der Waals surface area contributed by atoms with Gasteiger partial charge in [-0.3, -0.25) is 0 Å². The third-order valence-corrected chi connectivity index (χ3v) is 3.42. The number of rotatable bonds is 3. The Bertz CT molecular complexity index is 370. The molecule has 3 nitrogen and oxygen atoms in total. The molecular formula is C12H17NO2S. The van der Waals surface area contributed by atoms with Gasteiger partial charge in [0.15, 0.2) is 0 Å². The summed E-state index contributed by atoms with van der Waals surface area (Å²) in [5.41, 5.74) is 3.24. The number of hydrogen-bond acceptors (Lipinski definition) is 4. The zero-order valence-electron chi connectivity index (χ0n) is 9.06. The number of thiol groups is 1. The Labute approximate surface area is 101 Å². The highest BCUT2D eigenvalue weighted by molar-refractivity contribution is 7.80. The maximum Gasteiger partial charge on any atom is 0.106 e. The minimum atomic E-state index is -0.828. The second-order valence-corrected chi connectivity index (χ2v) is 4.47. The van der Waals surface area contributed by atoms with E-state index < -0.39 is 12.2 Å². The van der Waals surface area contributed by atoms with Crippen molar-refractivity contribution in [1.29, 1.82) is 0 Å². The third kappa shape index (κ3) is 2.25. The first-order valence-electron chi connectivity index (χ1n) is 5.52. The zero-order valence-corrected chi connectivity index (χ0v) is 9.95. The fraction of sp³-hybridized carbons (Fsp3) is 0.500. The van der Waals surface area contributed by atoms with Crippen molar-refractivity contribution >= 4 is 12.6 Å². The minimum Gasteiger partial charge on any atom is -0.389 e. The molecule has 1 aliphatic heterocycles. The summed E-state index contributed by atoms with van der Waals surface area (Å²) in [7, 11) is 0. The molecule has 88 valence electrons. The molecule has 2 rings (SSSR count). The van der Waals surface area contributed by atoms with Gasteiger partial charge in [0.05, 0.1) is 6.10 Å².